The minimum absolute atomic E-state index is 0.0633. The molecule has 0 bridgehead atoms. The Morgan fingerprint density at radius 1 is 1.29 bits per heavy atom. The average Bonchev–Trinajstić information content (AvgIpc) is 2.54. The van der Waals surface area contributed by atoms with Crippen LogP contribution in [0, 0.1) is 18.2 Å². The van der Waals surface area contributed by atoms with Crippen molar-refractivity contribution in [2.75, 3.05) is 0 Å². The van der Waals surface area contributed by atoms with Crippen LogP contribution in [-0.4, -0.2) is 5.78 Å². The van der Waals surface area contributed by atoms with Crippen LogP contribution in [0.3, 0.4) is 0 Å². The van der Waals surface area contributed by atoms with Gasteiger partial charge in [-0.05, 0) is 25.1 Å². The molecule has 1 aromatic carbocycles. The van der Waals surface area contributed by atoms with Crippen molar-refractivity contribution in [3.05, 3.63) is 35.3 Å². The summed E-state index contributed by atoms with van der Waals surface area (Å²) in [6, 6.07) is 4.28. The summed E-state index contributed by atoms with van der Waals surface area (Å²) in [5.41, 5.74) is 0.757. The quantitative estimate of drug-likeness (QED) is 0.695. The van der Waals surface area contributed by atoms with E-state index in [0.717, 1.165) is 0 Å². The third-order valence-corrected chi connectivity index (χ3v) is 2.79. The van der Waals surface area contributed by atoms with E-state index in [2.05, 4.69) is 0 Å². The lowest BCUT2D eigenvalue weighted by Crippen LogP contribution is -2.20. The molecule has 0 amide bonds. The summed E-state index contributed by atoms with van der Waals surface area (Å²) in [6.45, 7) is 7.29. The minimum atomic E-state index is -0.503. The van der Waals surface area contributed by atoms with Crippen LogP contribution in [0.4, 0.5) is 4.39 Å². The molecule has 0 saturated heterocycles. The Morgan fingerprint density at radius 3 is 2.53 bits per heavy atom. The van der Waals surface area contributed by atoms with Gasteiger partial charge >= 0.3 is 0 Å². The molecule has 1 aromatic heterocycles. The van der Waals surface area contributed by atoms with E-state index in [1.54, 1.807) is 13.0 Å². The Hall–Kier alpha value is -1.64. The topological polar surface area (TPSA) is 30.2 Å². The van der Waals surface area contributed by atoms with E-state index in [9.17, 15) is 9.18 Å². The van der Waals surface area contributed by atoms with Gasteiger partial charge in [0.05, 0.1) is 0 Å². The number of hydrogen-bond donors (Lipinski definition) is 0. The number of carbonyl (C=O) groups is 1. The van der Waals surface area contributed by atoms with Crippen LogP contribution in [0.2, 0.25) is 0 Å². The zero-order chi connectivity index (χ0) is 12.8. The summed E-state index contributed by atoms with van der Waals surface area (Å²) in [5.74, 6) is -0.0548. The van der Waals surface area contributed by atoms with Crippen molar-refractivity contribution in [1.29, 1.82) is 0 Å². The van der Waals surface area contributed by atoms with Crippen LogP contribution < -0.4 is 0 Å². The van der Waals surface area contributed by atoms with Gasteiger partial charge in [-0.25, -0.2) is 4.39 Å². The number of Topliss-reactive ketones (excluding diaryl/α,β-unsaturated/α-hetero) is 1. The van der Waals surface area contributed by atoms with Crippen molar-refractivity contribution in [3.63, 3.8) is 0 Å². The fraction of sp³-hybridized carbons (Fsp3) is 0.357. The van der Waals surface area contributed by atoms with Crippen LogP contribution >= 0.6 is 0 Å². The molecular weight excluding hydrogens is 219 g/mol. The lowest BCUT2D eigenvalue weighted by atomic mass is 9.88. The Bertz CT molecular complexity index is 588. The zero-order valence-electron chi connectivity index (χ0n) is 10.4. The molecule has 0 spiro atoms. The predicted octanol–water partition coefficient (Wildman–Crippen LogP) is 4.11. The third kappa shape index (κ3) is 1.97. The smallest absolute Gasteiger partial charge is 0.203 e. The zero-order valence-corrected chi connectivity index (χ0v) is 10.4. The summed E-state index contributed by atoms with van der Waals surface area (Å²) >= 11 is 0. The molecule has 1 heterocycles. The van der Waals surface area contributed by atoms with Crippen molar-refractivity contribution in [1.82, 2.24) is 0 Å². The second kappa shape index (κ2) is 3.69. The molecule has 0 unspecified atom stereocenters. The molecule has 3 heteroatoms. The van der Waals surface area contributed by atoms with Gasteiger partial charge < -0.3 is 4.42 Å². The van der Waals surface area contributed by atoms with Gasteiger partial charge in [0.2, 0.25) is 5.78 Å². The monoisotopic (exact) mass is 234 g/mol. The van der Waals surface area contributed by atoms with E-state index >= 15 is 0 Å². The highest BCUT2D eigenvalue weighted by atomic mass is 19.1. The normalized spacial score (nSPS) is 12.1. The van der Waals surface area contributed by atoms with E-state index in [0.29, 0.717) is 22.3 Å². The second-order valence-electron chi connectivity index (χ2n) is 5.28. The molecule has 0 aliphatic heterocycles. The van der Waals surface area contributed by atoms with E-state index in [-0.39, 0.29) is 11.6 Å². The number of fused-ring (bicyclic) bond motifs is 1. The van der Waals surface area contributed by atoms with Gasteiger partial charge in [-0.2, -0.15) is 0 Å². The first kappa shape index (κ1) is 11.8. The van der Waals surface area contributed by atoms with Gasteiger partial charge in [0.1, 0.15) is 11.4 Å². The maximum Gasteiger partial charge on any atom is 0.203 e. The molecule has 0 radical (unpaired) electrons. The van der Waals surface area contributed by atoms with Gasteiger partial charge in [-0.3, -0.25) is 4.79 Å². The summed E-state index contributed by atoms with van der Waals surface area (Å²) in [7, 11) is 0. The number of carbonyl (C=O) groups excluding carboxylic acids is 1. The molecule has 0 saturated carbocycles. The number of halogens is 1. The van der Waals surface area contributed by atoms with Gasteiger partial charge in [0.15, 0.2) is 5.76 Å². The van der Waals surface area contributed by atoms with Crippen LogP contribution in [-0.2, 0) is 0 Å². The standard InChI is InChI=1S/C14H15FO2/c1-8-10-7-9(15)5-6-11(10)17-12(8)13(16)14(2,3)4/h5-7H,1-4H3. The molecular formula is C14H15FO2. The fourth-order valence-electron chi connectivity index (χ4n) is 1.75. The highest BCUT2D eigenvalue weighted by Gasteiger charge is 2.28. The van der Waals surface area contributed by atoms with Gasteiger partial charge in [0, 0.05) is 16.4 Å². The molecule has 0 fully saturated rings. The van der Waals surface area contributed by atoms with E-state index in [4.69, 9.17) is 4.42 Å². The highest BCUT2D eigenvalue weighted by molar-refractivity contribution is 6.02. The first-order valence-corrected chi connectivity index (χ1v) is 5.54. The molecule has 0 atom stereocenters. The third-order valence-electron chi connectivity index (χ3n) is 2.79. The lowest BCUT2D eigenvalue weighted by molar-refractivity contribution is 0.0830. The van der Waals surface area contributed by atoms with E-state index in [1.165, 1.54) is 12.1 Å². The van der Waals surface area contributed by atoms with Gasteiger partial charge in [-0.1, -0.05) is 20.8 Å². The number of benzene rings is 1. The van der Waals surface area contributed by atoms with Gasteiger partial charge in [-0.15, -0.1) is 0 Å². The lowest BCUT2D eigenvalue weighted by Gasteiger charge is -2.14. The molecule has 2 aromatic rings. The number of furan rings is 1. The number of aryl methyl sites for hydroxylation is 1. The molecule has 90 valence electrons. The maximum atomic E-state index is 13.1. The number of rotatable bonds is 1. The average molecular weight is 234 g/mol. The van der Waals surface area contributed by atoms with Gasteiger partial charge in [0.25, 0.3) is 0 Å². The molecule has 0 aliphatic carbocycles. The van der Waals surface area contributed by atoms with Crippen LogP contribution in [0.1, 0.15) is 36.9 Å². The maximum absolute atomic E-state index is 13.1. The van der Waals surface area contributed by atoms with Crippen molar-refractivity contribution >= 4 is 16.8 Å². The molecule has 17 heavy (non-hydrogen) atoms. The first-order valence-electron chi connectivity index (χ1n) is 5.54. The summed E-state index contributed by atoms with van der Waals surface area (Å²) < 4.78 is 18.7. The predicted molar refractivity (Wildman–Crippen MR) is 64.7 cm³/mol. The Morgan fingerprint density at radius 2 is 1.94 bits per heavy atom. The summed E-state index contributed by atoms with van der Waals surface area (Å²) in [5, 5.41) is 0.664. The SMILES string of the molecule is Cc1c(C(=O)C(C)(C)C)oc2ccc(F)cc12. The second-order valence-corrected chi connectivity index (χ2v) is 5.28. The molecule has 2 nitrogen and oxygen atoms in total. The number of ketones is 1. The summed E-state index contributed by atoms with van der Waals surface area (Å²) in [6.07, 6.45) is 0. The highest BCUT2D eigenvalue weighted by Crippen LogP contribution is 2.30. The van der Waals surface area contributed by atoms with Crippen LogP contribution in [0.5, 0.6) is 0 Å². The Balaban J connectivity index is 2.65. The Labute approximate surface area is 99.4 Å². The van der Waals surface area contributed by atoms with Crippen molar-refractivity contribution < 1.29 is 13.6 Å². The largest absolute Gasteiger partial charge is 0.453 e. The molecule has 2 rings (SSSR count). The van der Waals surface area contributed by atoms with Crippen LogP contribution in [0.25, 0.3) is 11.0 Å². The Kier molecular flexibility index (Phi) is 2.57. The molecule has 0 aliphatic rings. The number of hydrogen-bond acceptors (Lipinski definition) is 2. The van der Waals surface area contributed by atoms with Crippen molar-refractivity contribution in [2.45, 2.75) is 27.7 Å². The summed E-state index contributed by atoms with van der Waals surface area (Å²) in [4.78, 5) is 12.2. The van der Waals surface area contributed by atoms with Crippen LogP contribution in [0.15, 0.2) is 22.6 Å². The van der Waals surface area contributed by atoms with E-state index < -0.39 is 5.41 Å². The van der Waals surface area contributed by atoms with Crippen molar-refractivity contribution in [2.24, 2.45) is 5.41 Å². The first-order chi connectivity index (χ1) is 7.80. The fourth-order valence-corrected chi connectivity index (χ4v) is 1.75. The van der Waals surface area contributed by atoms with E-state index in [1.807, 2.05) is 20.8 Å². The van der Waals surface area contributed by atoms with Crippen molar-refractivity contribution in [3.8, 4) is 0 Å². The minimum Gasteiger partial charge on any atom is -0.453 e. The molecule has 0 N–H and O–H groups in total.